The molecule has 1 aliphatic rings. The summed E-state index contributed by atoms with van der Waals surface area (Å²) in [5.74, 6) is -0.181. The molecule has 106 valence electrons. The summed E-state index contributed by atoms with van der Waals surface area (Å²) in [6.45, 7) is 4.01. The first kappa shape index (κ1) is 15.4. The van der Waals surface area contributed by atoms with Crippen molar-refractivity contribution >= 4 is 11.8 Å². The minimum atomic E-state index is -0.764. The molecule has 0 aromatic rings. The van der Waals surface area contributed by atoms with Crippen LogP contribution >= 0.6 is 0 Å². The fourth-order valence-corrected chi connectivity index (χ4v) is 1.81. The van der Waals surface area contributed by atoms with Crippen LogP contribution in [-0.2, 0) is 9.59 Å². The first-order valence-electron chi connectivity index (χ1n) is 6.49. The average Bonchev–Trinajstić information content (AvgIpc) is 2.31. The predicted molar refractivity (Wildman–Crippen MR) is 73.1 cm³/mol. The average molecular weight is 266 g/mol. The molecule has 0 aromatic carbocycles. The number of aliphatic hydroxyl groups is 1. The van der Waals surface area contributed by atoms with E-state index in [1.54, 1.807) is 13.8 Å². The number of nitrogens with one attached hydrogen (secondary N) is 2. The van der Waals surface area contributed by atoms with Gasteiger partial charge in [0.1, 0.15) is 0 Å². The summed E-state index contributed by atoms with van der Waals surface area (Å²) >= 11 is 0. The maximum absolute atomic E-state index is 12.0. The van der Waals surface area contributed by atoms with Crippen LogP contribution in [0.3, 0.4) is 0 Å². The van der Waals surface area contributed by atoms with Gasteiger partial charge in [-0.2, -0.15) is 0 Å². The zero-order chi connectivity index (χ0) is 14.3. The van der Waals surface area contributed by atoms with Crippen molar-refractivity contribution in [3.8, 4) is 0 Å². The SMILES string of the molecule is CC1(C)C[C@@H](O)/C=C/NC(=O)CC/C=C\CNC1=O. The van der Waals surface area contributed by atoms with Crippen LogP contribution in [0.2, 0.25) is 0 Å². The highest BCUT2D eigenvalue weighted by molar-refractivity contribution is 5.82. The molecule has 1 rings (SSSR count). The van der Waals surface area contributed by atoms with Gasteiger partial charge in [-0.05, 0) is 18.9 Å². The predicted octanol–water partition coefficient (Wildman–Crippen LogP) is 0.860. The molecular formula is C14H22N2O3. The Bertz CT molecular complexity index is 386. The topological polar surface area (TPSA) is 78.4 Å². The van der Waals surface area contributed by atoms with Crippen LogP contribution in [0.4, 0.5) is 0 Å². The monoisotopic (exact) mass is 266 g/mol. The number of aliphatic hydroxyl groups excluding tert-OH is 1. The van der Waals surface area contributed by atoms with Gasteiger partial charge in [-0.3, -0.25) is 9.59 Å². The maximum atomic E-state index is 12.0. The highest BCUT2D eigenvalue weighted by Gasteiger charge is 2.29. The molecule has 0 saturated heterocycles. The van der Waals surface area contributed by atoms with E-state index in [9.17, 15) is 14.7 Å². The number of allylic oxidation sites excluding steroid dienone is 1. The highest BCUT2D eigenvalue weighted by Crippen LogP contribution is 2.23. The number of amides is 2. The van der Waals surface area contributed by atoms with E-state index in [0.717, 1.165) is 0 Å². The number of rotatable bonds is 0. The van der Waals surface area contributed by atoms with Crippen molar-refractivity contribution in [3.63, 3.8) is 0 Å². The summed E-state index contributed by atoms with van der Waals surface area (Å²) in [6.07, 6.45) is 7.19. The van der Waals surface area contributed by atoms with Crippen LogP contribution < -0.4 is 10.6 Å². The summed E-state index contributed by atoms with van der Waals surface area (Å²) in [4.78, 5) is 23.3. The van der Waals surface area contributed by atoms with E-state index in [2.05, 4.69) is 10.6 Å². The molecule has 1 aliphatic heterocycles. The summed E-state index contributed by atoms with van der Waals surface area (Å²) in [7, 11) is 0. The molecule has 0 aliphatic carbocycles. The van der Waals surface area contributed by atoms with Crippen LogP contribution in [0.25, 0.3) is 0 Å². The van der Waals surface area contributed by atoms with Gasteiger partial charge in [0, 0.05) is 24.6 Å². The number of carbonyl (C=O) groups is 2. The molecule has 0 saturated carbocycles. The summed E-state index contributed by atoms with van der Waals surface area (Å²) in [5.41, 5.74) is -0.661. The van der Waals surface area contributed by atoms with E-state index >= 15 is 0 Å². The number of carbonyl (C=O) groups excluding carboxylic acids is 2. The van der Waals surface area contributed by atoms with Gasteiger partial charge in [-0.25, -0.2) is 0 Å². The van der Waals surface area contributed by atoms with Crippen LogP contribution in [0.15, 0.2) is 24.4 Å². The Hall–Kier alpha value is -1.62. The first-order valence-corrected chi connectivity index (χ1v) is 6.49. The molecular weight excluding hydrogens is 244 g/mol. The lowest BCUT2D eigenvalue weighted by Crippen LogP contribution is -2.39. The van der Waals surface area contributed by atoms with E-state index in [0.29, 0.717) is 25.8 Å². The van der Waals surface area contributed by atoms with E-state index < -0.39 is 11.5 Å². The van der Waals surface area contributed by atoms with E-state index in [-0.39, 0.29) is 11.8 Å². The van der Waals surface area contributed by atoms with Gasteiger partial charge >= 0.3 is 0 Å². The molecule has 0 aromatic heterocycles. The molecule has 19 heavy (non-hydrogen) atoms. The van der Waals surface area contributed by atoms with E-state index in [1.807, 2.05) is 12.2 Å². The zero-order valence-electron chi connectivity index (χ0n) is 11.5. The molecule has 0 spiro atoms. The van der Waals surface area contributed by atoms with Crippen molar-refractivity contribution in [2.24, 2.45) is 5.41 Å². The van der Waals surface area contributed by atoms with Crippen molar-refractivity contribution in [3.05, 3.63) is 24.4 Å². The Morgan fingerprint density at radius 3 is 2.79 bits per heavy atom. The van der Waals surface area contributed by atoms with Crippen molar-refractivity contribution in [2.75, 3.05) is 6.54 Å². The lowest BCUT2D eigenvalue weighted by atomic mass is 9.85. The van der Waals surface area contributed by atoms with Gasteiger partial charge < -0.3 is 15.7 Å². The van der Waals surface area contributed by atoms with Gasteiger partial charge in [-0.15, -0.1) is 0 Å². The normalized spacial score (nSPS) is 28.7. The summed E-state index contributed by atoms with van der Waals surface area (Å²) < 4.78 is 0. The van der Waals surface area contributed by atoms with Gasteiger partial charge in [0.25, 0.3) is 0 Å². The van der Waals surface area contributed by atoms with Crippen molar-refractivity contribution in [2.45, 2.75) is 39.2 Å². The smallest absolute Gasteiger partial charge is 0.226 e. The van der Waals surface area contributed by atoms with Gasteiger partial charge in [0.05, 0.1) is 6.10 Å². The quantitative estimate of drug-likeness (QED) is 0.569. The van der Waals surface area contributed by atoms with E-state index in [4.69, 9.17) is 0 Å². The lowest BCUT2D eigenvalue weighted by Gasteiger charge is -2.25. The first-order chi connectivity index (χ1) is 8.92. The third kappa shape index (κ3) is 5.70. The van der Waals surface area contributed by atoms with Crippen molar-refractivity contribution < 1.29 is 14.7 Å². The molecule has 5 nitrogen and oxygen atoms in total. The fourth-order valence-electron chi connectivity index (χ4n) is 1.81. The summed E-state index contributed by atoms with van der Waals surface area (Å²) in [6, 6.07) is 0. The van der Waals surface area contributed by atoms with Gasteiger partial charge in [-0.1, -0.05) is 26.0 Å². The van der Waals surface area contributed by atoms with Crippen LogP contribution in [0.1, 0.15) is 33.1 Å². The lowest BCUT2D eigenvalue weighted by molar-refractivity contribution is -0.130. The van der Waals surface area contributed by atoms with Crippen molar-refractivity contribution in [1.82, 2.24) is 10.6 Å². The van der Waals surface area contributed by atoms with Gasteiger partial charge in [0.2, 0.25) is 11.8 Å². The molecule has 3 N–H and O–H groups in total. The van der Waals surface area contributed by atoms with E-state index in [1.165, 1.54) is 12.3 Å². The van der Waals surface area contributed by atoms with Crippen LogP contribution in [0.5, 0.6) is 0 Å². The molecule has 5 heteroatoms. The third-order valence-corrected chi connectivity index (χ3v) is 2.98. The minimum Gasteiger partial charge on any atom is -0.389 e. The highest BCUT2D eigenvalue weighted by atomic mass is 16.3. The molecule has 0 bridgehead atoms. The molecule has 2 amide bonds. The second-order valence-corrected chi connectivity index (χ2v) is 5.30. The molecule has 0 fully saturated rings. The summed E-state index contributed by atoms with van der Waals surface area (Å²) in [5, 5.41) is 15.2. The number of hydrogen-bond donors (Lipinski definition) is 3. The Morgan fingerprint density at radius 2 is 2.05 bits per heavy atom. The number of hydrogen-bond acceptors (Lipinski definition) is 3. The van der Waals surface area contributed by atoms with Gasteiger partial charge in [0.15, 0.2) is 0 Å². The molecule has 1 atom stereocenters. The largest absolute Gasteiger partial charge is 0.389 e. The Balaban J connectivity index is 2.73. The third-order valence-electron chi connectivity index (χ3n) is 2.98. The molecule has 0 unspecified atom stereocenters. The standard InChI is InChI=1S/C14H22N2O3/c1-14(2)10-11(17)7-9-15-12(18)6-4-3-5-8-16-13(14)19/h3,5,7,9,11,17H,4,6,8,10H2,1-2H3,(H,15,18)(H,16,19)/b5-3-,9-7+/t11-/m0/s1. The Labute approximate surface area is 113 Å². The fraction of sp³-hybridized carbons (Fsp3) is 0.571. The van der Waals surface area contributed by atoms with Crippen LogP contribution in [-0.4, -0.2) is 29.6 Å². The Morgan fingerprint density at radius 1 is 1.32 bits per heavy atom. The van der Waals surface area contributed by atoms with Crippen LogP contribution in [0, 0.1) is 5.41 Å². The Kier molecular flexibility index (Phi) is 5.76. The zero-order valence-corrected chi connectivity index (χ0v) is 11.5. The second-order valence-electron chi connectivity index (χ2n) is 5.30. The van der Waals surface area contributed by atoms with Crippen molar-refractivity contribution in [1.29, 1.82) is 0 Å². The minimum absolute atomic E-state index is 0.0894. The molecule has 1 heterocycles. The molecule has 0 radical (unpaired) electrons. The second kappa shape index (κ2) is 7.09. The maximum Gasteiger partial charge on any atom is 0.226 e.